The van der Waals surface area contributed by atoms with Crippen LogP contribution in [-0.4, -0.2) is 55.0 Å². The molecule has 22 heavy (non-hydrogen) atoms. The summed E-state index contributed by atoms with van der Waals surface area (Å²) in [5.74, 6) is 0.285. The number of piperidine rings is 1. The van der Waals surface area contributed by atoms with E-state index in [-0.39, 0.29) is 11.9 Å². The molecule has 4 nitrogen and oxygen atoms in total. The highest BCUT2D eigenvalue weighted by Crippen LogP contribution is 2.31. The Bertz CT molecular complexity index is 484. The Labute approximate surface area is 133 Å². The van der Waals surface area contributed by atoms with Crippen molar-refractivity contribution in [3.05, 3.63) is 35.9 Å². The van der Waals surface area contributed by atoms with Crippen LogP contribution in [0.2, 0.25) is 0 Å². The summed E-state index contributed by atoms with van der Waals surface area (Å²) < 4.78 is 0. The van der Waals surface area contributed by atoms with Crippen molar-refractivity contribution >= 4 is 5.91 Å². The van der Waals surface area contributed by atoms with Gasteiger partial charge in [-0.25, -0.2) is 0 Å². The Morgan fingerprint density at radius 2 is 1.95 bits per heavy atom. The van der Waals surface area contributed by atoms with Crippen molar-refractivity contribution in [1.29, 1.82) is 0 Å². The van der Waals surface area contributed by atoms with Crippen LogP contribution in [0.25, 0.3) is 0 Å². The standard InChI is InChI=1S/C18H27N3O/c1-20(16-9-11-19-12-10-16)14-18(22)21-13-5-8-17(21)15-6-3-2-4-7-15/h2-4,6-7,16-17,19H,5,8-14H2,1H3/t17-/m0/s1. The van der Waals surface area contributed by atoms with Crippen LogP contribution in [0, 0.1) is 0 Å². The van der Waals surface area contributed by atoms with E-state index in [0.717, 1.165) is 45.3 Å². The normalized spacial score (nSPS) is 23.2. The maximum Gasteiger partial charge on any atom is 0.237 e. The summed E-state index contributed by atoms with van der Waals surface area (Å²) in [6, 6.07) is 11.3. The van der Waals surface area contributed by atoms with Crippen LogP contribution in [0.15, 0.2) is 30.3 Å². The van der Waals surface area contributed by atoms with Crippen molar-refractivity contribution in [2.45, 2.75) is 37.8 Å². The summed E-state index contributed by atoms with van der Waals surface area (Å²) in [6.07, 6.45) is 4.49. The first kappa shape index (κ1) is 15.5. The van der Waals surface area contributed by atoms with E-state index >= 15 is 0 Å². The van der Waals surface area contributed by atoms with Crippen molar-refractivity contribution in [1.82, 2.24) is 15.1 Å². The molecule has 0 aliphatic carbocycles. The average molecular weight is 301 g/mol. The van der Waals surface area contributed by atoms with Gasteiger partial charge in [-0.15, -0.1) is 0 Å². The smallest absolute Gasteiger partial charge is 0.237 e. The lowest BCUT2D eigenvalue weighted by Gasteiger charge is -2.33. The molecule has 1 N–H and O–H groups in total. The zero-order chi connectivity index (χ0) is 15.4. The molecule has 2 aliphatic rings. The Balaban J connectivity index is 1.61. The molecule has 120 valence electrons. The number of hydrogen-bond donors (Lipinski definition) is 1. The average Bonchev–Trinajstić information content (AvgIpc) is 3.06. The Hall–Kier alpha value is -1.39. The largest absolute Gasteiger partial charge is 0.335 e. The van der Waals surface area contributed by atoms with Crippen molar-refractivity contribution in [2.24, 2.45) is 0 Å². The minimum absolute atomic E-state index is 0.273. The maximum absolute atomic E-state index is 12.8. The number of nitrogens with one attached hydrogen (secondary N) is 1. The lowest BCUT2D eigenvalue weighted by molar-refractivity contribution is -0.133. The molecule has 2 fully saturated rings. The van der Waals surface area contributed by atoms with Crippen molar-refractivity contribution in [3.8, 4) is 0 Å². The Kier molecular flexibility index (Phi) is 5.11. The minimum atomic E-state index is 0.273. The van der Waals surface area contributed by atoms with Gasteiger partial charge in [-0.05, 0) is 51.4 Å². The number of benzene rings is 1. The first-order valence-corrected chi connectivity index (χ1v) is 8.51. The predicted molar refractivity (Wildman–Crippen MR) is 88.7 cm³/mol. The highest BCUT2D eigenvalue weighted by Gasteiger charge is 2.31. The fraction of sp³-hybridized carbons (Fsp3) is 0.611. The van der Waals surface area contributed by atoms with E-state index in [2.05, 4.69) is 46.4 Å². The second-order valence-electron chi connectivity index (χ2n) is 6.55. The van der Waals surface area contributed by atoms with Crippen LogP contribution in [0.1, 0.15) is 37.3 Å². The summed E-state index contributed by atoms with van der Waals surface area (Å²) in [5, 5.41) is 3.38. The summed E-state index contributed by atoms with van der Waals surface area (Å²) in [6.45, 7) is 3.59. The molecular formula is C18H27N3O. The molecule has 3 rings (SSSR count). The Morgan fingerprint density at radius 1 is 1.23 bits per heavy atom. The molecular weight excluding hydrogens is 274 g/mol. The van der Waals surface area contributed by atoms with Gasteiger partial charge in [-0.2, -0.15) is 0 Å². The van der Waals surface area contributed by atoms with Crippen molar-refractivity contribution in [2.75, 3.05) is 33.2 Å². The topological polar surface area (TPSA) is 35.6 Å². The second-order valence-corrected chi connectivity index (χ2v) is 6.55. The zero-order valence-electron chi connectivity index (χ0n) is 13.5. The third kappa shape index (κ3) is 3.50. The van der Waals surface area contributed by atoms with Gasteiger partial charge in [0.1, 0.15) is 0 Å². The van der Waals surface area contributed by atoms with Crippen LogP contribution in [0.3, 0.4) is 0 Å². The van der Waals surface area contributed by atoms with Gasteiger partial charge >= 0.3 is 0 Å². The van der Waals surface area contributed by atoms with Gasteiger partial charge in [0.05, 0.1) is 12.6 Å². The molecule has 1 aromatic rings. The van der Waals surface area contributed by atoms with E-state index in [1.54, 1.807) is 0 Å². The SMILES string of the molecule is CN(CC(=O)N1CCC[C@H]1c1ccccc1)C1CCNCC1. The zero-order valence-corrected chi connectivity index (χ0v) is 13.5. The number of likely N-dealkylation sites (tertiary alicyclic amines) is 1. The molecule has 1 atom stereocenters. The van der Waals surface area contributed by atoms with Gasteiger partial charge in [-0.1, -0.05) is 30.3 Å². The molecule has 0 saturated carbocycles. The molecule has 0 aromatic heterocycles. The minimum Gasteiger partial charge on any atom is -0.335 e. The lowest BCUT2D eigenvalue weighted by Crippen LogP contribution is -2.46. The lowest BCUT2D eigenvalue weighted by atomic mass is 10.0. The molecule has 1 amide bonds. The summed E-state index contributed by atoms with van der Waals surface area (Å²) >= 11 is 0. The Morgan fingerprint density at radius 3 is 2.68 bits per heavy atom. The molecule has 1 aromatic carbocycles. The maximum atomic E-state index is 12.8. The van der Waals surface area contributed by atoms with E-state index in [1.807, 2.05) is 6.07 Å². The van der Waals surface area contributed by atoms with Crippen LogP contribution in [-0.2, 0) is 4.79 Å². The van der Waals surface area contributed by atoms with E-state index in [4.69, 9.17) is 0 Å². The number of likely N-dealkylation sites (N-methyl/N-ethyl adjacent to an activating group) is 1. The number of hydrogen-bond acceptors (Lipinski definition) is 3. The molecule has 0 unspecified atom stereocenters. The molecule has 0 spiro atoms. The van der Waals surface area contributed by atoms with Crippen molar-refractivity contribution in [3.63, 3.8) is 0 Å². The summed E-state index contributed by atoms with van der Waals surface area (Å²) in [7, 11) is 2.10. The number of carbonyl (C=O) groups excluding carboxylic acids is 1. The third-order valence-corrected chi connectivity index (χ3v) is 5.07. The van der Waals surface area contributed by atoms with E-state index in [1.165, 1.54) is 5.56 Å². The van der Waals surface area contributed by atoms with Gasteiger partial charge in [-0.3, -0.25) is 9.69 Å². The number of amides is 1. The third-order valence-electron chi connectivity index (χ3n) is 5.07. The van der Waals surface area contributed by atoms with Crippen LogP contribution < -0.4 is 5.32 Å². The molecule has 0 radical (unpaired) electrons. The van der Waals surface area contributed by atoms with Crippen LogP contribution in [0.5, 0.6) is 0 Å². The van der Waals surface area contributed by atoms with E-state index in [9.17, 15) is 4.79 Å². The quantitative estimate of drug-likeness (QED) is 0.924. The molecule has 2 saturated heterocycles. The number of nitrogens with zero attached hydrogens (tertiary/aromatic N) is 2. The summed E-state index contributed by atoms with van der Waals surface area (Å²) in [4.78, 5) is 17.1. The highest BCUT2D eigenvalue weighted by molar-refractivity contribution is 5.79. The van der Waals surface area contributed by atoms with Gasteiger partial charge in [0, 0.05) is 12.6 Å². The number of carbonyl (C=O) groups is 1. The van der Waals surface area contributed by atoms with Crippen LogP contribution in [0.4, 0.5) is 0 Å². The highest BCUT2D eigenvalue weighted by atomic mass is 16.2. The van der Waals surface area contributed by atoms with Gasteiger partial charge < -0.3 is 10.2 Å². The summed E-state index contributed by atoms with van der Waals surface area (Å²) in [5.41, 5.74) is 1.28. The molecule has 2 aliphatic heterocycles. The number of rotatable bonds is 4. The van der Waals surface area contributed by atoms with E-state index in [0.29, 0.717) is 12.6 Å². The van der Waals surface area contributed by atoms with Crippen LogP contribution >= 0.6 is 0 Å². The first-order chi connectivity index (χ1) is 10.8. The second kappa shape index (κ2) is 7.25. The molecule has 0 bridgehead atoms. The predicted octanol–water partition coefficient (Wildman–Crippen LogP) is 2.03. The molecule has 4 heteroatoms. The van der Waals surface area contributed by atoms with Gasteiger partial charge in [0.15, 0.2) is 0 Å². The monoisotopic (exact) mass is 301 g/mol. The first-order valence-electron chi connectivity index (χ1n) is 8.51. The fourth-order valence-corrected chi connectivity index (χ4v) is 3.77. The van der Waals surface area contributed by atoms with Gasteiger partial charge in [0.2, 0.25) is 5.91 Å². The van der Waals surface area contributed by atoms with E-state index < -0.39 is 0 Å². The van der Waals surface area contributed by atoms with Crippen molar-refractivity contribution < 1.29 is 4.79 Å². The fourth-order valence-electron chi connectivity index (χ4n) is 3.77. The molecule has 2 heterocycles. The van der Waals surface area contributed by atoms with Gasteiger partial charge in [0.25, 0.3) is 0 Å².